The zero-order valence-corrected chi connectivity index (χ0v) is 13.4. The molecule has 23 heavy (non-hydrogen) atoms. The van der Waals surface area contributed by atoms with Gasteiger partial charge in [0.05, 0.1) is 11.9 Å². The topological polar surface area (TPSA) is 65.5 Å². The van der Waals surface area contributed by atoms with E-state index in [-0.39, 0.29) is 11.9 Å². The highest BCUT2D eigenvalue weighted by atomic mass is 16.2. The second kappa shape index (κ2) is 7.44. The highest BCUT2D eigenvalue weighted by molar-refractivity contribution is 5.99. The molecule has 6 heteroatoms. The van der Waals surface area contributed by atoms with Crippen molar-refractivity contribution in [2.75, 3.05) is 24.5 Å². The van der Waals surface area contributed by atoms with Crippen molar-refractivity contribution in [3.8, 4) is 0 Å². The Morgan fingerprint density at radius 3 is 2.61 bits per heavy atom. The first-order valence-corrected chi connectivity index (χ1v) is 8.52. The molecule has 0 radical (unpaired) electrons. The van der Waals surface area contributed by atoms with E-state index in [9.17, 15) is 9.59 Å². The summed E-state index contributed by atoms with van der Waals surface area (Å²) in [5.41, 5.74) is 0.797. The zero-order chi connectivity index (χ0) is 16.1. The molecule has 2 aliphatic rings. The van der Waals surface area contributed by atoms with Crippen molar-refractivity contribution in [1.82, 2.24) is 15.2 Å². The fourth-order valence-corrected chi connectivity index (χ4v) is 3.29. The Kier molecular flexibility index (Phi) is 5.10. The van der Waals surface area contributed by atoms with Crippen LogP contribution in [0, 0.1) is 0 Å². The van der Waals surface area contributed by atoms with Gasteiger partial charge in [0.2, 0.25) is 5.91 Å². The first-order chi connectivity index (χ1) is 11.3. The number of urea groups is 1. The number of pyridine rings is 1. The van der Waals surface area contributed by atoms with Crippen LogP contribution in [0.1, 0.15) is 38.5 Å². The lowest BCUT2D eigenvalue weighted by Crippen LogP contribution is -2.55. The van der Waals surface area contributed by atoms with Gasteiger partial charge in [0.1, 0.15) is 6.04 Å². The van der Waals surface area contributed by atoms with E-state index in [0.717, 1.165) is 38.0 Å². The van der Waals surface area contributed by atoms with Gasteiger partial charge in [-0.1, -0.05) is 12.8 Å². The van der Waals surface area contributed by atoms with Gasteiger partial charge in [-0.2, -0.15) is 0 Å². The summed E-state index contributed by atoms with van der Waals surface area (Å²) in [5.74, 6) is -0.0348. The Morgan fingerprint density at radius 1 is 1.13 bits per heavy atom. The first kappa shape index (κ1) is 15.8. The second-order valence-corrected chi connectivity index (χ2v) is 6.25. The third-order valence-electron chi connectivity index (χ3n) is 4.59. The molecule has 1 aromatic rings. The molecule has 0 unspecified atom stereocenters. The summed E-state index contributed by atoms with van der Waals surface area (Å²) in [4.78, 5) is 32.8. The fraction of sp³-hybridized carbons (Fsp3) is 0.588. The summed E-state index contributed by atoms with van der Waals surface area (Å²) in [6.07, 6.45) is 9.43. The van der Waals surface area contributed by atoms with Crippen molar-refractivity contribution >= 4 is 17.6 Å². The van der Waals surface area contributed by atoms with E-state index < -0.39 is 6.04 Å². The Hall–Kier alpha value is -2.11. The van der Waals surface area contributed by atoms with E-state index in [2.05, 4.69) is 10.3 Å². The van der Waals surface area contributed by atoms with Crippen LogP contribution in [-0.2, 0) is 4.79 Å². The molecule has 0 spiro atoms. The minimum atomic E-state index is -0.431. The van der Waals surface area contributed by atoms with Gasteiger partial charge in [-0.05, 0) is 37.8 Å². The number of likely N-dealkylation sites (tertiary alicyclic amines) is 1. The monoisotopic (exact) mass is 316 g/mol. The van der Waals surface area contributed by atoms with Crippen molar-refractivity contribution in [3.63, 3.8) is 0 Å². The Bertz CT molecular complexity index is 541. The van der Waals surface area contributed by atoms with E-state index in [4.69, 9.17) is 0 Å². The highest BCUT2D eigenvalue weighted by Crippen LogP contribution is 2.20. The van der Waals surface area contributed by atoms with Crippen molar-refractivity contribution in [2.45, 2.75) is 44.6 Å². The minimum Gasteiger partial charge on any atom is -0.326 e. The molecule has 1 N–H and O–H groups in total. The quantitative estimate of drug-likeness (QED) is 0.909. The van der Waals surface area contributed by atoms with Crippen LogP contribution in [0.3, 0.4) is 0 Å². The van der Waals surface area contributed by atoms with Gasteiger partial charge in [0.25, 0.3) is 0 Å². The minimum absolute atomic E-state index is 0.0348. The molecule has 6 nitrogen and oxygen atoms in total. The van der Waals surface area contributed by atoms with Crippen LogP contribution in [0.25, 0.3) is 0 Å². The maximum absolute atomic E-state index is 12.7. The molecule has 0 aromatic carbocycles. The average Bonchev–Trinajstić information content (AvgIpc) is 2.87. The molecule has 2 saturated heterocycles. The summed E-state index contributed by atoms with van der Waals surface area (Å²) in [7, 11) is 0. The molecule has 2 fully saturated rings. The summed E-state index contributed by atoms with van der Waals surface area (Å²) in [6.45, 7) is 2.26. The van der Waals surface area contributed by atoms with Gasteiger partial charge < -0.3 is 15.1 Å². The van der Waals surface area contributed by atoms with Crippen LogP contribution in [0.5, 0.6) is 0 Å². The number of carbonyl (C=O) groups excluding carboxylic acids is 2. The van der Waals surface area contributed by atoms with E-state index in [1.807, 2.05) is 17.0 Å². The molecule has 124 valence electrons. The molecule has 0 bridgehead atoms. The molecule has 3 rings (SSSR count). The zero-order valence-electron chi connectivity index (χ0n) is 13.4. The summed E-state index contributed by atoms with van der Waals surface area (Å²) >= 11 is 0. The lowest BCUT2D eigenvalue weighted by Gasteiger charge is -2.33. The van der Waals surface area contributed by atoms with Gasteiger partial charge >= 0.3 is 6.03 Å². The molecular formula is C17H24N4O2. The summed E-state index contributed by atoms with van der Waals surface area (Å²) in [6, 6.07) is 3.17. The predicted molar refractivity (Wildman–Crippen MR) is 88.2 cm³/mol. The molecule has 3 heterocycles. The predicted octanol–water partition coefficient (Wildman–Crippen LogP) is 2.16. The van der Waals surface area contributed by atoms with Gasteiger partial charge in [0.15, 0.2) is 0 Å². The van der Waals surface area contributed by atoms with E-state index in [1.54, 1.807) is 17.3 Å². The van der Waals surface area contributed by atoms with Gasteiger partial charge in [-0.25, -0.2) is 4.79 Å². The number of nitrogens with zero attached hydrogens (tertiary/aromatic N) is 3. The van der Waals surface area contributed by atoms with Crippen molar-refractivity contribution in [1.29, 1.82) is 0 Å². The van der Waals surface area contributed by atoms with Crippen LogP contribution in [-0.4, -0.2) is 47.5 Å². The number of piperidine rings is 1. The van der Waals surface area contributed by atoms with Crippen molar-refractivity contribution in [3.05, 3.63) is 24.5 Å². The molecule has 2 aliphatic heterocycles. The normalized spacial score (nSPS) is 22.6. The van der Waals surface area contributed by atoms with Gasteiger partial charge in [-0.15, -0.1) is 0 Å². The summed E-state index contributed by atoms with van der Waals surface area (Å²) < 4.78 is 0. The lowest BCUT2D eigenvalue weighted by atomic mass is 10.0. The maximum atomic E-state index is 12.7. The standard InChI is InChI=1S/C17H24N4O2/c22-16-15(19-17(23)20-10-3-1-2-4-11-20)8-6-12-21(16)14-7-5-9-18-13-14/h5,7,9,13,15H,1-4,6,8,10-12H2,(H,19,23)/t15-/m1/s1. The number of anilines is 1. The lowest BCUT2D eigenvalue weighted by molar-refractivity contribution is -0.121. The van der Waals surface area contributed by atoms with E-state index >= 15 is 0 Å². The number of aromatic nitrogens is 1. The SMILES string of the molecule is O=C(N[C@@H]1CCCN(c2cccnc2)C1=O)N1CCCCCC1. The smallest absolute Gasteiger partial charge is 0.318 e. The van der Waals surface area contributed by atoms with Crippen LogP contribution >= 0.6 is 0 Å². The van der Waals surface area contributed by atoms with Crippen molar-refractivity contribution < 1.29 is 9.59 Å². The molecule has 3 amide bonds. The van der Waals surface area contributed by atoms with Crippen molar-refractivity contribution in [2.24, 2.45) is 0 Å². The number of hydrogen-bond donors (Lipinski definition) is 1. The van der Waals surface area contributed by atoms with Gasteiger partial charge in [-0.3, -0.25) is 9.78 Å². The average molecular weight is 316 g/mol. The number of amides is 3. The molecule has 0 aliphatic carbocycles. The molecular weight excluding hydrogens is 292 g/mol. The van der Waals surface area contributed by atoms with Crippen LogP contribution in [0.2, 0.25) is 0 Å². The van der Waals surface area contributed by atoms with Crippen LogP contribution in [0.15, 0.2) is 24.5 Å². The molecule has 1 atom stereocenters. The van der Waals surface area contributed by atoms with E-state index in [1.165, 1.54) is 12.8 Å². The highest BCUT2D eigenvalue weighted by Gasteiger charge is 2.32. The Morgan fingerprint density at radius 2 is 1.91 bits per heavy atom. The number of nitrogens with one attached hydrogen (secondary N) is 1. The van der Waals surface area contributed by atoms with Crippen LogP contribution in [0.4, 0.5) is 10.5 Å². The fourth-order valence-electron chi connectivity index (χ4n) is 3.29. The largest absolute Gasteiger partial charge is 0.326 e. The summed E-state index contributed by atoms with van der Waals surface area (Å²) in [5, 5.41) is 2.94. The second-order valence-electron chi connectivity index (χ2n) is 6.25. The first-order valence-electron chi connectivity index (χ1n) is 8.52. The maximum Gasteiger partial charge on any atom is 0.318 e. The number of hydrogen-bond acceptors (Lipinski definition) is 3. The molecule has 1 aromatic heterocycles. The Balaban J connectivity index is 1.63. The third kappa shape index (κ3) is 3.81. The van der Waals surface area contributed by atoms with E-state index in [0.29, 0.717) is 13.0 Å². The molecule has 0 saturated carbocycles. The number of rotatable bonds is 2. The van der Waals surface area contributed by atoms with Gasteiger partial charge in [0, 0.05) is 25.8 Å². The number of carbonyl (C=O) groups is 2. The Labute approximate surface area is 136 Å². The third-order valence-corrected chi connectivity index (χ3v) is 4.59. The van der Waals surface area contributed by atoms with Crippen LogP contribution < -0.4 is 10.2 Å².